The Morgan fingerprint density at radius 3 is 2.48 bits per heavy atom. The molecular weight excluding hydrogens is 286 g/mol. The molecule has 0 aliphatic heterocycles. The molecule has 21 heavy (non-hydrogen) atoms. The van der Waals surface area contributed by atoms with Gasteiger partial charge in [0, 0.05) is 23.5 Å². The molecule has 0 aliphatic carbocycles. The van der Waals surface area contributed by atoms with Gasteiger partial charge >= 0.3 is 0 Å². The second kappa shape index (κ2) is 5.89. The van der Waals surface area contributed by atoms with Crippen LogP contribution in [0.25, 0.3) is 22.5 Å². The van der Waals surface area contributed by atoms with Crippen LogP contribution in [-0.2, 0) is 0 Å². The number of pyridine rings is 1. The Kier molecular flexibility index (Phi) is 3.79. The van der Waals surface area contributed by atoms with Crippen LogP contribution in [0.15, 0.2) is 55.1 Å². The largest absolute Gasteiger partial charge is 0.495 e. The van der Waals surface area contributed by atoms with Crippen molar-refractivity contribution in [1.29, 1.82) is 0 Å². The molecule has 0 atom stereocenters. The van der Waals surface area contributed by atoms with E-state index < -0.39 is 0 Å². The Labute approximate surface area is 127 Å². The summed E-state index contributed by atoms with van der Waals surface area (Å²) in [6, 6.07) is 11.3. The minimum absolute atomic E-state index is 0.552. The molecule has 2 heterocycles. The van der Waals surface area contributed by atoms with Crippen molar-refractivity contribution in [3.63, 3.8) is 0 Å². The number of nitrogens with zero attached hydrogens (tertiary/aromatic N) is 3. The maximum absolute atomic E-state index is 6.16. The van der Waals surface area contributed by atoms with Crippen molar-refractivity contribution < 1.29 is 4.74 Å². The van der Waals surface area contributed by atoms with Crippen LogP contribution in [-0.4, -0.2) is 22.1 Å². The summed E-state index contributed by atoms with van der Waals surface area (Å²) in [5, 5.41) is 0.552. The first-order valence-corrected chi connectivity index (χ1v) is 6.72. The monoisotopic (exact) mass is 297 g/mol. The lowest BCUT2D eigenvalue weighted by Gasteiger charge is -2.07. The highest BCUT2D eigenvalue weighted by atomic mass is 35.5. The molecule has 0 radical (unpaired) electrons. The molecule has 0 saturated carbocycles. The van der Waals surface area contributed by atoms with E-state index in [0.29, 0.717) is 10.8 Å². The summed E-state index contributed by atoms with van der Waals surface area (Å²) in [6.45, 7) is 0. The summed E-state index contributed by atoms with van der Waals surface area (Å²) < 4.78 is 5.16. The second-order valence-corrected chi connectivity index (χ2v) is 4.79. The fraction of sp³-hybridized carbons (Fsp3) is 0.0625. The van der Waals surface area contributed by atoms with Gasteiger partial charge in [0.05, 0.1) is 23.5 Å². The molecule has 1 aromatic carbocycles. The van der Waals surface area contributed by atoms with Gasteiger partial charge < -0.3 is 4.74 Å². The molecule has 4 nitrogen and oxygen atoms in total. The highest BCUT2D eigenvalue weighted by molar-refractivity contribution is 6.32. The zero-order valence-corrected chi connectivity index (χ0v) is 12.1. The van der Waals surface area contributed by atoms with E-state index in [9.17, 15) is 0 Å². The van der Waals surface area contributed by atoms with Crippen LogP contribution in [0, 0.1) is 0 Å². The van der Waals surface area contributed by atoms with Crippen LogP contribution in [0.4, 0.5) is 0 Å². The standard InChI is InChI=1S/C16H12ClN3O/c1-21-16-5-4-11(7-13(16)17)14-8-15(20-10-19-14)12-3-2-6-18-9-12/h2-10H,1H3. The van der Waals surface area contributed by atoms with E-state index >= 15 is 0 Å². The van der Waals surface area contributed by atoms with Gasteiger partial charge in [0.1, 0.15) is 12.1 Å². The summed E-state index contributed by atoms with van der Waals surface area (Å²) in [4.78, 5) is 12.7. The Hall–Kier alpha value is -2.46. The molecule has 0 N–H and O–H groups in total. The first-order chi connectivity index (χ1) is 10.3. The van der Waals surface area contributed by atoms with E-state index in [4.69, 9.17) is 16.3 Å². The van der Waals surface area contributed by atoms with Crippen molar-refractivity contribution in [2.75, 3.05) is 7.11 Å². The predicted octanol–water partition coefficient (Wildman–Crippen LogP) is 3.87. The Bertz CT molecular complexity index is 762. The first kappa shape index (κ1) is 13.5. The molecule has 0 spiro atoms. The van der Waals surface area contributed by atoms with Crippen molar-refractivity contribution in [3.8, 4) is 28.3 Å². The number of ether oxygens (including phenoxy) is 1. The maximum atomic E-state index is 6.16. The molecule has 0 amide bonds. The molecule has 3 aromatic rings. The molecule has 2 aromatic heterocycles. The predicted molar refractivity (Wildman–Crippen MR) is 82.3 cm³/mol. The minimum atomic E-state index is 0.552. The molecular formula is C16H12ClN3O. The summed E-state index contributed by atoms with van der Waals surface area (Å²) >= 11 is 6.16. The average molecular weight is 298 g/mol. The summed E-state index contributed by atoms with van der Waals surface area (Å²) in [6.07, 6.45) is 5.04. The third-order valence-corrected chi connectivity index (χ3v) is 3.37. The molecule has 0 saturated heterocycles. The SMILES string of the molecule is COc1ccc(-c2cc(-c3cccnc3)ncn2)cc1Cl. The van der Waals surface area contributed by atoms with Crippen molar-refractivity contribution in [1.82, 2.24) is 15.0 Å². The summed E-state index contributed by atoms with van der Waals surface area (Å²) in [5.74, 6) is 0.641. The Balaban J connectivity index is 2.02. The minimum Gasteiger partial charge on any atom is -0.495 e. The van der Waals surface area contributed by atoms with Gasteiger partial charge in [0.25, 0.3) is 0 Å². The quantitative estimate of drug-likeness (QED) is 0.736. The van der Waals surface area contributed by atoms with Gasteiger partial charge in [0.15, 0.2) is 0 Å². The topological polar surface area (TPSA) is 47.9 Å². The summed E-state index contributed by atoms with van der Waals surface area (Å²) in [5.41, 5.74) is 3.47. The number of hydrogen-bond acceptors (Lipinski definition) is 4. The lowest BCUT2D eigenvalue weighted by molar-refractivity contribution is 0.415. The first-order valence-electron chi connectivity index (χ1n) is 6.34. The Morgan fingerprint density at radius 1 is 1.00 bits per heavy atom. The second-order valence-electron chi connectivity index (χ2n) is 4.38. The maximum Gasteiger partial charge on any atom is 0.137 e. The van der Waals surface area contributed by atoms with E-state index in [1.807, 2.05) is 36.4 Å². The van der Waals surface area contributed by atoms with Gasteiger partial charge in [0.2, 0.25) is 0 Å². The zero-order chi connectivity index (χ0) is 14.7. The van der Waals surface area contributed by atoms with Crippen molar-refractivity contribution in [2.24, 2.45) is 0 Å². The van der Waals surface area contributed by atoms with E-state index in [-0.39, 0.29) is 0 Å². The molecule has 3 rings (SSSR count). The Morgan fingerprint density at radius 2 is 1.81 bits per heavy atom. The molecule has 5 heteroatoms. The van der Waals surface area contributed by atoms with Crippen LogP contribution >= 0.6 is 11.6 Å². The average Bonchev–Trinajstić information content (AvgIpc) is 2.56. The van der Waals surface area contributed by atoms with Crippen LogP contribution < -0.4 is 4.74 Å². The van der Waals surface area contributed by atoms with Gasteiger partial charge in [-0.3, -0.25) is 4.98 Å². The van der Waals surface area contributed by atoms with Crippen molar-refractivity contribution >= 4 is 11.6 Å². The number of hydrogen-bond donors (Lipinski definition) is 0. The highest BCUT2D eigenvalue weighted by Gasteiger charge is 2.07. The van der Waals surface area contributed by atoms with E-state index in [2.05, 4.69) is 15.0 Å². The van der Waals surface area contributed by atoms with E-state index in [1.54, 1.807) is 19.5 Å². The van der Waals surface area contributed by atoms with Gasteiger partial charge in [-0.1, -0.05) is 11.6 Å². The third kappa shape index (κ3) is 2.85. The van der Waals surface area contributed by atoms with Gasteiger partial charge in [-0.15, -0.1) is 0 Å². The fourth-order valence-electron chi connectivity index (χ4n) is 2.01. The summed E-state index contributed by atoms with van der Waals surface area (Å²) in [7, 11) is 1.59. The number of benzene rings is 1. The molecule has 0 bridgehead atoms. The molecule has 0 unspecified atom stereocenters. The van der Waals surface area contributed by atoms with E-state index in [0.717, 1.165) is 22.5 Å². The van der Waals surface area contributed by atoms with Crippen LogP contribution in [0.2, 0.25) is 5.02 Å². The van der Waals surface area contributed by atoms with Crippen LogP contribution in [0.1, 0.15) is 0 Å². The fourth-order valence-corrected chi connectivity index (χ4v) is 2.27. The lowest BCUT2D eigenvalue weighted by Crippen LogP contribution is -1.90. The van der Waals surface area contributed by atoms with Crippen molar-refractivity contribution in [3.05, 3.63) is 60.1 Å². The molecule has 0 fully saturated rings. The van der Waals surface area contributed by atoms with Gasteiger partial charge in [-0.2, -0.15) is 0 Å². The van der Waals surface area contributed by atoms with Gasteiger partial charge in [-0.25, -0.2) is 9.97 Å². The molecule has 0 aliphatic rings. The van der Waals surface area contributed by atoms with Gasteiger partial charge in [-0.05, 0) is 36.4 Å². The number of aromatic nitrogens is 3. The van der Waals surface area contributed by atoms with Crippen molar-refractivity contribution in [2.45, 2.75) is 0 Å². The highest BCUT2D eigenvalue weighted by Crippen LogP contribution is 2.30. The number of methoxy groups -OCH3 is 1. The smallest absolute Gasteiger partial charge is 0.137 e. The zero-order valence-electron chi connectivity index (χ0n) is 11.3. The van der Waals surface area contributed by atoms with Crippen LogP contribution in [0.3, 0.4) is 0 Å². The number of rotatable bonds is 3. The lowest BCUT2D eigenvalue weighted by atomic mass is 10.1. The number of halogens is 1. The third-order valence-electron chi connectivity index (χ3n) is 3.07. The van der Waals surface area contributed by atoms with E-state index in [1.165, 1.54) is 6.33 Å². The molecule has 104 valence electrons. The van der Waals surface area contributed by atoms with Crippen LogP contribution in [0.5, 0.6) is 5.75 Å². The normalized spacial score (nSPS) is 10.4.